The molecule has 0 spiro atoms. The third-order valence-electron chi connectivity index (χ3n) is 11.0. The van der Waals surface area contributed by atoms with E-state index in [1.165, 1.54) is 74.0 Å². The van der Waals surface area contributed by atoms with Gasteiger partial charge in [-0.25, -0.2) is 4.57 Å². The molecule has 0 aliphatic heterocycles. The smallest absolute Gasteiger partial charge is 0.466 e. The number of allylic oxidation sites excluding steroid dienone is 10. The van der Waals surface area contributed by atoms with Gasteiger partial charge in [0.15, 0.2) is 6.10 Å². The number of nitrogens with zero attached hydrogens (tertiary/aromatic N) is 1. The number of esters is 2. The molecule has 3 atom stereocenters. The van der Waals surface area contributed by atoms with Crippen LogP contribution < -0.4 is 0 Å². The highest BCUT2D eigenvalue weighted by atomic mass is 31.2. The van der Waals surface area contributed by atoms with Gasteiger partial charge in [0.1, 0.15) is 31.3 Å². The van der Waals surface area contributed by atoms with Gasteiger partial charge in [0, 0.05) is 25.7 Å². The zero-order chi connectivity index (χ0) is 48.7. The fourth-order valence-corrected chi connectivity index (χ4v) is 7.57. The van der Waals surface area contributed by atoms with E-state index in [0.717, 1.165) is 64.2 Å². The first-order valence-electron chi connectivity index (χ1n) is 25.1. The number of aryl methyl sites for hydroxylation is 2. The summed E-state index contributed by atoms with van der Waals surface area (Å²) in [4.78, 5) is 35.6. The third kappa shape index (κ3) is 34.9. The number of carbonyl (C=O) groups is 2. The first-order valence-corrected chi connectivity index (χ1v) is 26.6. The van der Waals surface area contributed by atoms with Crippen molar-refractivity contribution in [3.05, 3.63) is 95.6 Å². The summed E-state index contributed by atoms with van der Waals surface area (Å²) >= 11 is 0. The number of aliphatic hydroxyl groups is 1. The number of phosphoric acid groups is 1. The number of aliphatic hydroxyl groups excluding tert-OH is 1. The standard InChI is InChI=1S/C54H90NO10P/c1-8-10-12-13-14-15-16-17-18-21-24-27-32-37-49(56)38-33-30-36-41-53(57)61-45-50(46-63-66(59,60)62-44-43-55(5,6)7)64-54(58)42-35-29-26-23-20-19-22-25-28-34-40-52-48(4)47(3)51(65-52)39-31-11-9-2/h10,12,14-15,17-18,24,27,30,32-33,37,49-50,56H,8-9,11,13,16,19-23,25-26,28-29,31,34-36,38-46H2,1-7H3/p+1/b12-10-,15-14-,18-17-,27-24-,33-30-,37-32-/t49?,50-/m1/s1. The molecular formula is C54H91NO10P+. The quantitative estimate of drug-likeness (QED) is 0.0163. The number of hydrogen-bond donors (Lipinski definition) is 2. The minimum absolute atomic E-state index is 0.00512. The van der Waals surface area contributed by atoms with Crippen molar-refractivity contribution in [2.75, 3.05) is 47.5 Å². The first kappa shape index (κ1) is 60.7. The van der Waals surface area contributed by atoms with Crippen molar-refractivity contribution >= 4 is 19.8 Å². The van der Waals surface area contributed by atoms with Crippen LogP contribution in [-0.2, 0) is 45.5 Å². The molecule has 376 valence electrons. The van der Waals surface area contributed by atoms with Gasteiger partial charge < -0.3 is 28.4 Å². The summed E-state index contributed by atoms with van der Waals surface area (Å²) < 4.78 is 40.5. The Labute approximate surface area is 400 Å². The molecule has 66 heavy (non-hydrogen) atoms. The number of carbonyl (C=O) groups excluding carboxylic acids is 2. The highest BCUT2D eigenvalue weighted by Crippen LogP contribution is 2.43. The lowest BCUT2D eigenvalue weighted by molar-refractivity contribution is -0.870. The van der Waals surface area contributed by atoms with Gasteiger partial charge in [-0.2, -0.15) is 0 Å². The Kier molecular flexibility index (Phi) is 35.5. The maximum Gasteiger partial charge on any atom is 0.472 e. The number of likely N-dealkylation sites (N-methyl/N-ethyl adjacent to an activating group) is 1. The number of phosphoric ester groups is 1. The van der Waals surface area contributed by atoms with Crippen LogP contribution in [0.15, 0.2) is 77.3 Å². The first-order chi connectivity index (χ1) is 31.7. The summed E-state index contributed by atoms with van der Waals surface area (Å²) in [5.41, 5.74) is 2.67. The minimum atomic E-state index is -4.44. The Bertz CT molecular complexity index is 1650. The van der Waals surface area contributed by atoms with E-state index >= 15 is 0 Å². The molecule has 2 N–H and O–H groups in total. The monoisotopic (exact) mass is 945 g/mol. The van der Waals surface area contributed by atoms with Gasteiger partial charge in [0.2, 0.25) is 0 Å². The number of rotatable bonds is 41. The van der Waals surface area contributed by atoms with Crippen molar-refractivity contribution in [3.63, 3.8) is 0 Å². The van der Waals surface area contributed by atoms with Gasteiger partial charge >= 0.3 is 19.8 Å². The van der Waals surface area contributed by atoms with Crippen LogP contribution in [0.3, 0.4) is 0 Å². The van der Waals surface area contributed by atoms with Gasteiger partial charge in [0.25, 0.3) is 0 Å². The number of furan rings is 1. The number of hydrogen-bond acceptors (Lipinski definition) is 9. The second-order valence-corrected chi connectivity index (χ2v) is 19.7. The molecule has 1 heterocycles. The molecule has 2 unspecified atom stereocenters. The lowest BCUT2D eigenvalue weighted by Crippen LogP contribution is -2.37. The molecule has 0 radical (unpaired) electrons. The molecule has 1 rings (SSSR count). The van der Waals surface area contributed by atoms with Gasteiger partial charge in [0.05, 0.1) is 33.9 Å². The van der Waals surface area contributed by atoms with E-state index in [1.807, 2.05) is 45.4 Å². The Hall–Kier alpha value is -3.31. The van der Waals surface area contributed by atoms with E-state index in [0.29, 0.717) is 30.3 Å². The minimum Gasteiger partial charge on any atom is -0.466 e. The number of unbranched alkanes of at least 4 members (excludes halogenated alkanes) is 11. The maximum atomic E-state index is 12.8. The molecule has 0 aliphatic carbocycles. The van der Waals surface area contributed by atoms with Crippen molar-refractivity contribution in [1.29, 1.82) is 0 Å². The molecule has 1 aromatic heterocycles. The molecule has 11 nitrogen and oxygen atoms in total. The van der Waals surface area contributed by atoms with Crippen molar-refractivity contribution in [2.45, 2.75) is 188 Å². The van der Waals surface area contributed by atoms with Crippen LogP contribution in [0.2, 0.25) is 0 Å². The van der Waals surface area contributed by atoms with Crippen LogP contribution in [-0.4, -0.2) is 86.1 Å². The van der Waals surface area contributed by atoms with Crippen LogP contribution in [0.25, 0.3) is 0 Å². The summed E-state index contributed by atoms with van der Waals surface area (Å²) in [6.07, 6.45) is 43.8. The van der Waals surface area contributed by atoms with Crippen LogP contribution in [0.4, 0.5) is 0 Å². The third-order valence-corrected chi connectivity index (χ3v) is 12.0. The lowest BCUT2D eigenvalue weighted by atomic mass is 10.0. The SMILES string of the molecule is CC/C=C\C/C=C\C/C=C\C/C=C\C=C/C(O)C/C=C\CCC(=O)OC[C@H](COP(=O)(O)OCC[N+](C)(C)C)OC(=O)CCCCCCCCCCCCc1oc(CCCCC)c(C)c1C. The Balaban J connectivity index is 2.39. The normalized spacial score (nSPS) is 14.5. The lowest BCUT2D eigenvalue weighted by Gasteiger charge is -2.24. The fourth-order valence-electron chi connectivity index (χ4n) is 6.83. The number of ether oxygens (including phenoxy) is 2. The van der Waals surface area contributed by atoms with Gasteiger partial charge in [-0.05, 0) is 82.8 Å². The van der Waals surface area contributed by atoms with Gasteiger partial charge in [-0.1, -0.05) is 151 Å². The largest absolute Gasteiger partial charge is 0.472 e. The van der Waals surface area contributed by atoms with E-state index < -0.39 is 38.6 Å². The molecule has 0 aromatic carbocycles. The van der Waals surface area contributed by atoms with E-state index in [4.69, 9.17) is 22.9 Å². The molecule has 0 aliphatic rings. The highest BCUT2D eigenvalue weighted by Gasteiger charge is 2.27. The molecular weight excluding hydrogens is 854 g/mol. The van der Waals surface area contributed by atoms with Crippen LogP contribution in [0.5, 0.6) is 0 Å². The second kappa shape index (κ2) is 38.6. The van der Waals surface area contributed by atoms with Gasteiger partial charge in [-0.15, -0.1) is 0 Å². The molecule has 0 bridgehead atoms. The Morgan fingerprint density at radius 3 is 1.82 bits per heavy atom. The molecule has 1 aromatic rings. The van der Waals surface area contributed by atoms with Crippen molar-refractivity contribution in [1.82, 2.24) is 0 Å². The average molecular weight is 945 g/mol. The van der Waals surface area contributed by atoms with Crippen LogP contribution in [0.1, 0.15) is 171 Å². The predicted octanol–water partition coefficient (Wildman–Crippen LogP) is 13.2. The molecule has 12 heteroatoms. The van der Waals surface area contributed by atoms with E-state index in [9.17, 15) is 24.2 Å². The Morgan fingerprint density at radius 2 is 1.23 bits per heavy atom. The maximum absolute atomic E-state index is 12.8. The summed E-state index contributed by atoms with van der Waals surface area (Å²) in [5, 5.41) is 10.2. The topological polar surface area (TPSA) is 142 Å². The average Bonchev–Trinajstić information content (AvgIpc) is 3.53. The molecule has 0 saturated carbocycles. The fraction of sp³-hybridized carbons (Fsp3) is 0.667. The molecule has 0 saturated heterocycles. The predicted molar refractivity (Wildman–Crippen MR) is 270 cm³/mol. The van der Waals surface area contributed by atoms with E-state index in [-0.39, 0.29) is 26.1 Å². The summed E-state index contributed by atoms with van der Waals surface area (Å²) in [6.45, 7) is 8.43. The zero-order valence-corrected chi connectivity index (χ0v) is 43.1. The Morgan fingerprint density at radius 1 is 0.667 bits per heavy atom. The molecule has 0 amide bonds. The summed E-state index contributed by atoms with van der Waals surface area (Å²) in [7, 11) is 1.36. The molecule has 0 fully saturated rings. The van der Waals surface area contributed by atoms with Crippen molar-refractivity contribution in [3.8, 4) is 0 Å². The van der Waals surface area contributed by atoms with Crippen molar-refractivity contribution in [2.24, 2.45) is 0 Å². The number of quaternary nitrogens is 1. The van der Waals surface area contributed by atoms with E-state index in [2.05, 4.69) is 64.2 Å². The van der Waals surface area contributed by atoms with Gasteiger partial charge in [-0.3, -0.25) is 18.6 Å². The summed E-state index contributed by atoms with van der Waals surface area (Å²) in [6, 6.07) is 0. The summed E-state index contributed by atoms with van der Waals surface area (Å²) in [5.74, 6) is 1.36. The van der Waals surface area contributed by atoms with Crippen LogP contribution in [0, 0.1) is 13.8 Å². The highest BCUT2D eigenvalue weighted by molar-refractivity contribution is 7.47. The van der Waals surface area contributed by atoms with E-state index in [1.54, 1.807) is 12.2 Å². The second-order valence-electron chi connectivity index (χ2n) is 18.3. The van der Waals surface area contributed by atoms with Crippen molar-refractivity contribution < 1.29 is 51.6 Å². The zero-order valence-electron chi connectivity index (χ0n) is 42.2. The van der Waals surface area contributed by atoms with Crippen LogP contribution >= 0.6 is 7.82 Å².